The number of amides is 2. The van der Waals surface area contributed by atoms with Crippen molar-refractivity contribution < 1.29 is 9.59 Å². The Bertz CT molecular complexity index is 555. The number of carbonyl (C=O) groups is 2. The van der Waals surface area contributed by atoms with E-state index in [4.69, 9.17) is 0 Å². The van der Waals surface area contributed by atoms with Gasteiger partial charge in [-0.2, -0.15) is 5.10 Å². The fourth-order valence-corrected chi connectivity index (χ4v) is 2.22. The molecular formula is C13H14BrN3O2. The smallest absolute Gasteiger partial charge is 0.271 e. The van der Waals surface area contributed by atoms with Crippen LogP contribution in [0.5, 0.6) is 0 Å². The van der Waals surface area contributed by atoms with Gasteiger partial charge in [-0.25, -0.2) is 5.43 Å². The molecule has 0 fully saturated rings. The fourth-order valence-electron chi connectivity index (χ4n) is 1.81. The first-order chi connectivity index (χ1) is 9.10. The van der Waals surface area contributed by atoms with Crippen molar-refractivity contribution >= 4 is 39.1 Å². The van der Waals surface area contributed by atoms with E-state index in [1.54, 1.807) is 0 Å². The van der Waals surface area contributed by atoms with E-state index in [0.29, 0.717) is 18.6 Å². The molecule has 5 nitrogen and oxygen atoms in total. The van der Waals surface area contributed by atoms with Crippen molar-refractivity contribution in [3.63, 3.8) is 0 Å². The molecule has 0 saturated carbocycles. The molecule has 2 amide bonds. The zero-order chi connectivity index (χ0) is 13.8. The molecule has 2 rings (SSSR count). The largest absolute Gasteiger partial charge is 0.321 e. The summed E-state index contributed by atoms with van der Waals surface area (Å²) in [6.45, 7) is 2.02. The van der Waals surface area contributed by atoms with Crippen molar-refractivity contribution in [1.29, 1.82) is 0 Å². The number of hydrogen-bond acceptors (Lipinski definition) is 3. The normalized spacial score (nSPS) is 14.6. The number of hydrogen-bond donors (Lipinski definition) is 2. The van der Waals surface area contributed by atoms with E-state index in [0.717, 1.165) is 22.1 Å². The van der Waals surface area contributed by atoms with Crippen LogP contribution in [0.15, 0.2) is 27.8 Å². The molecule has 1 aliphatic heterocycles. The summed E-state index contributed by atoms with van der Waals surface area (Å²) < 4.78 is 0.976. The van der Waals surface area contributed by atoms with Crippen LogP contribution in [-0.4, -0.2) is 17.5 Å². The second-order valence-electron chi connectivity index (χ2n) is 4.20. The highest BCUT2D eigenvalue weighted by molar-refractivity contribution is 9.10. The molecule has 0 spiro atoms. The molecule has 0 saturated heterocycles. The highest BCUT2D eigenvalue weighted by Gasteiger charge is 2.18. The molecule has 1 heterocycles. The third-order valence-electron chi connectivity index (χ3n) is 2.86. The zero-order valence-electron chi connectivity index (χ0n) is 10.5. The molecule has 0 bridgehead atoms. The molecule has 1 aliphatic rings. The lowest BCUT2D eigenvalue weighted by Gasteiger charge is -2.14. The highest BCUT2D eigenvalue weighted by Crippen LogP contribution is 2.21. The van der Waals surface area contributed by atoms with Gasteiger partial charge in [0.25, 0.3) is 5.91 Å². The monoisotopic (exact) mass is 323 g/mol. The summed E-state index contributed by atoms with van der Waals surface area (Å²) in [5.41, 5.74) is 4.49. The van der Waals surface area contributed by atoms with E-state index >= 15 is 0 Å². The maximum Gasteiger partial charge on any atom is 0.271 e. The van der Waals surface area contributed by atoms with Crippen molar-refractivity contribution in [2.75, 3.05) is 5.32 Å². The quantitative estimate of drug-likeness (QED) is 0.895. The molecule has 0 aromatic heterocycles. The Morgan fingerprint density at radius 1 is 1.47 bits per heavy atom. The Hall–Kier alpha value is -1.69. The minimum Gasteiger partial charge on any atom is -0.321 e. The second kappa shape index (κ2) is 5.97. The Labute approximate surface area is 119 Å². The Morgan fingerprint density at radius 3 is 2.89 bits per heavy atom. The van der Waals surface area contributed by atoms with Crippen LogP contribution in [-0.2, 0) is 16.0 Å². The van der Waals surface area contributed by atoms with Gasteiger partial charge in [0, 0.05) is 23.0 Å². The third-order valence-corrected chi connectivity index (χ3v) is 3.36. The summed E-state index contributed by atoms with van der Waals surface area (Å²) in [5.74, 6) is -0.425. The number of aryl methyl sites for hydroxylation is 1. The van der Waals surface area contributed by atoms with E-state index in [-0.39, 0.29) is 11.8 Å². The lowest BCUT2D eigenvalue weighted by Crippen LogP contribution is -2.32. The maximum atomic E-state index is 12.0. The van der Waals surface area contributed by atoms with Crippen LogP contribution in [0, 0.1) is 0 Å². The van der Waals surface area contributed by atoms with Gasteiger partial charge in [-0.15, -0.1) is 0 Å². The standard InChI is InChI=1S/C13H14BrN3O2/c1-2-8-7-9(14)3-4-10(8)15-13(19)11-5-6-12(18)17-16-11/h3-4,7H,2,5-6H2,1H3,(H,15,19)(H,17,18). The maximum absolute atomic E-state index is 12.0. The van der Waals surface area contributed by atoms with Crippen molar-refractivity contribution in [3.8, 4) is 0 Å². The fraction of sp³-hybridized carbons (Fsp3) is 0.308. The van der Waals surface area contributed by atoms with Crippen LogP contribution in [0.1, 0.15) is 25.3 Å². The Morgan fingerprint density at radius 2 is 2.26 bits per heavy atom. The van der Waals surface area contributed by atoms with E-state index in [9.17, 15) is 9.59 Å². The van der Waals surface area contributed by atoms with Gasteiger partial charge in [0.2, 0.25) is 5.91 Å². The van der Waals surface area contributed by atoms with Crippen molar-refractivity contribution in [1.82, 2.24) is 5.43 Å². The predicted octanol–water partition coefficient (Wildman–Crippen LogP) is 2.22. The van der Waals surface area contributed by atoms with Crippen LogP contribution >= 0.6 is 15.9 Å². The number of benzene rings is 1. The van der Waals surface area contributed by atoms with Crippen molar-refractivity contribution in [2.24, 2.45) is 5.10 Å². The van der Waals surface area contributed by atoms with E-state index < -0.39 is 0 Å². The number of hydrazone groups is 1. The van der Waals surface area contributed by atoms with E-state index in [1.165, 1.54) is 0 Å². The molecule has 6 heteroatoms. The number of carbonyl (C=O) groups excluding carboxylic acids is 2. The molecule has 0 radical (unpaired) electrons. The number of nitrogens with one attached hydrogen (secondary N) is 2. The van der Waals surface area contributed by atoms with Gasteiger partial charge in [0.05, 0.1) is 0 Å². The molecule has 1 aromatic carbocycles. The first-order valence-electron chi connectivity index (χ1n) is 6.05. The summed E-state index contributed by atoms with van der Waals surface area (Å²) in [6, 6.07) is 5.70. The molecule has 100 valence electrons. The molecule has 0 atom stereocenters. The average molecular weight is 324 g/mol. The Kier molecular flexibility index (Phi) is 4.31. The van der Waals surface area contributed by atoms with Gasteiger partial charge in [0.15, 0.2) is 0 Å². The van der Waals surface area contributed by atoms with Crippen LogP contribution in [0.3, 0.4) is 0 Å². The lowest BCUT2D eigenvalue weighted by molar-refractivity contribution is -0.121. The summed E-state index contributed by atoms with van der Waals surface area (Å²) in [5, 5.41) is 6.61. The van der Waals surface area contributed by atoms with Gasteiger partial charge in [0.1, 0.15) is 5.71 Å². The molecule has 2 N–H and O–H groups in total. The van der Waals surface area contributed by atoms with E-state index in [2.05, 4.69) is 31.8 Å². The molecule has 1 aromatic rings. The summed E-state index contributed by atoms with van der Waals surface area (Å²) in [7, 11) is 0. The molecular weight excluding hydrogens is 310 g/mol. The number of anilines is 1. The van der Waals surface area contributed by atoms with Gasteiger partial charge < -0.3 is 5.32 Å². The average Bonchev–Trinajstić information content (AvgIpc) is 2.41. The van der Waals surface area contributed by atoms with Crippen molar-refractivity contribution in [3.05, 3.63) is 28.2 Å². The lowest BCUT2D eigenvalue weighted by atomic mass is 10.1. The SMILES string of the molecule is CCc1cc(Br)ccc1NC(=O)C1=NNC(=O)CC1. The number of rotatable bonds is 3. The van der Waals surface area contributed by atoms with Gasteiger partial charge in [-0.3, -0.25) is 9.59 Å². The minimum absolute atomic E-state index is 0.158. The highest BCUT2D eigenvalue weighted by atomic mass is 79.9. The molecule has 19 heavy (non-hydrogen) atoms. The topological polar surface area (TPSA) is 70.6 Å². The second-order valence-corrected chi connectivity index (χ2v) is 5.12. The molecule has 0 unspecified atom stereocenters. The Balaban J connectivity index is 2.13. The van der Waals surface area contributed by atoms with Crippen molar-refractivity contribution in [2.45, 2.75) is 26.2 Å². The van der Waals surface area contributed by atoms with Gasteiger partial charge in [-0.05, 0) is 30.2 Å². The van der Waals surface area contributed by atoms with Crippen LogP contribution in [0.25, 0.3) is 0 Å². The van der Waals surface area contributed by atoms with Crippen LogP contribution in [0.2, 0.25) is 0 Å². The summed E-state index contributed by atoms with van der Waals surface area (Å²) >= 11 is 3.40. The third kappa shape index (κ3) is 3.41. The first-order valence-corrected chi connectivity index (χ1v) is 6.84. The number of nitrogens with zero attached hydrogens (tertiary/aromatic N) is 1. The predicted molar refractivity (Wildman–Crippen MR) is 77.0 cm³/mol. The van der Waals surface area contributed by atoms with Gasteiger partial charge >= 0.3 is 0 Å². The summed E-state index contributed by atoms with van der Waals surface area (Å²) in [4.78, 5) is 23.0. The van der Waals surface area contributed by atoms with Gasteiger partial charge in [-0.1, -0.05) is 22.9 Å². The molecule has 0 aliphatic carbocycles. The van der Waals surface area contributed by atoms with E-state index in [1.807, 2.05) is 25.1 Å². The van der Waals surface area contributed by atoms with Crippen LogP contribution < -0.4 is 10.7 Å². The number of halogens is 1. The zero-order valence-corrected chi connectivity index (χ0v) is 12.1. The first kappa shape index (κ1) is 13.7. The minimum atomic E-state index is -0.267. The van der Waals surface area contributed by atoms with Crippen LogP contribution in [0.4, 0.5) is 5.69 Å². The summed E-state index contributed by atoms with van der Waals surface area (Å²) in [6.07, 6.45) is 1.49.